The molecule has 1 aromatic heterocycles. The Kier molecular flexibility index (Phi) is 6.00. The van der Waals surface area contributed by atoms with Crippen LogP contribution in [0.3, 0.4) is 0 Å². The van der Waals surface area contributed by atoms with Gasteiger partial charge < -0.3 is 20.3 Å². The monoisotopic (exact) mass is 407 g/mol. The zero-order valence-electron chi connectivity index (χ0n) is 16.1. The van der Waals surface area contributed by atoms with Crippen LogP contribution in [-0.2, 0) is 5.41 Å². The number of carbonyl (C=O) groups is 1. The highest BCUT2D eigenvalue weighted by Crippen LogP contribution is 2.35. The van der Waals surface area contributed by atoms with Gasteiger partial charge in [0.05, 0.1) is 6.20 Å². The van der Waals surface area contributed by atoms with Gasteiger partial charge in [-0.1, -0.05) is 20.8 Å². The molecule has 2 aromatic rings. The number of nitrogens with one attached hydrogen (secondary N) is 2. The predicted molar refractivity (Wildman–Crippen MR) is 106 cm³/mol. The molecule has 150 valence electrons. The maximum Gasteiger partial charge on any atom is 0.415 e. The minimum atomic E-state index is -0.615. The topological polar surface area (TPSA) is 79.4 Å². The SMILES string of the molecule is CC(C)(C)c1cc(Nc2nc(Cl)ncc2F)ccc1OC(=O)N1CCNCC1. The molecule has 28 heavy (non-hydrogen) atoms. The van der Waals surface area contributed by atoms with Gasteiger partial charge in [0.1, 0.15) is 5.75 Å². The van der Waals surface area contributed by atoms with E-state index in [1.807, 2.05) is 26.8 Å². The van der Waals surface area contributed by atoms with E-state index in [2.05, 4.69) is 20.6 Å². The molecule has 1 aliphatic rings. The molecule has 0 unspecified atom stereocenters. The fourth-order valence-electron chi connectivity index (χ4n) is 2.86. The van der Waals surface area contributed by atoms with Crippen LogP contribution < -0.4 is 15.4 Å². The first-order valence-corrected chi connectivity index (χ1v) is 9.39. The molecule has 1 aliphatic heterocycles. The molecule has 1 fully saturated rings. The number of aromatic nitrogens is 2. The number of ether oxygens (including phenoxy) is 1. The van der Waals surface area contributed by atoms with E-state index in [9.17, 15) is 9.18 Å². The minimum Gasteiger partial charge on any atom is -0.410 e. The quantitative estimate of drug-likeness (QED) is 0.755. The van der Waals surface area contributed by atoms with Gasteiger partial charge in [0.15, 0.2) is 11.6 Å². The van der Waals surface area contributed by atoms with Gasteiger partial charge in [0.25, 0.3) is 0 Å². The van der Waals surface area contributed by atoms with Crippen molar-refractivity contribution in [2.75, 3.05) is 31.5 Å². The number of anilines is 2. The van der Waals surface area contributed by atoms with E-state index in [-0.39, 0.29) is 22.6 Å². The van der Waals surface area contributed by atoms with Crippen LogP contribution in [0, 0.1) is 5.82 Å². The minimum absolute atomic E-state index is 0.0228. The van der Waals surface area contributed by atoms with Gasteiger partial charge in [-0.3, -0.25) is 0 Å². The van der Waals surface area contributed by atoms with Crippen molar-refractivity contribution in [3.8, 4) is 5.75 Å². The number of amides is 1. The molecular formula is C19H23ClFN5O2. The van der Waals surface area contributed by atoms with E-state index >= 15 is 0 Å². The molecule has 0 radical (unpaired) electrons. The van der Waals surface area contributed by atoms with Gasteiger partial charge in [0, 0.05) is 37.4 Å². The van der Waals surface area contributed by atoms with Crippen molar-refractivity contribution >= 4 is 29.2 Å². The Bertz CT molecular complexity index is 866. The Hall–Kier alpha value is -2.45. The van der Waals surface area contributed by atoms with Crippen LogP contribution in [0.15, 0.2) is 24.4 Å². The second kappa shape index (κ2) is 8.28. The lowest BCUT2D eigenvalue weighted by atomic mass is 9.86. The van der Waals surface area contributed by atoms with E-state index in [1.54, 1.807) is 17.0 Å². The number of hydrogen-bond acceptors (Lipinski definition) is 6. The summed E-state index contributed by atoms with van der Waals surface area (Å²) in [5.41, 5.74) is 1.10. The maximum atomic E-state index is 13.9. The zero-order valence-corrected chi connectivity index (χ0v) is 16.8. The first-order valence-electron chi connectivity index (χ1n) is 9.01. The molecular weight excluding hydrogens is 385 g/mol. The molecule has 0 bridgehead atoms. The van der Waals surface area contributed by atoms with Crippen molar-refractivity contribution in [1.29, 1.82) is 0 Å². The van der Waals surface area contributed by atoms with Crippen LogP contribution in [0.4, 0.5) is 20.7 Å². The molecule has 0 atom stereocenters. The predicted octanol–water partition coefficient (Wildman–Crippen LogP) is 3.71. The maximum absolute atomic E-state index is 13.9. The number of rotatable bonds is 3. The molecule has 7 nitrogen and oxygen atoms in total. The lowest BCUT2D eigenvalue weighted by Gasteiger charge is -2.28. The van der Waals surface area contributed by atoms with Gasteiger partial charge in [-0.05, 0) is 35.2 Å². The molecule has 0 spiro atoms. The Morgan fingerprint density at radius 2 is 2.04 bits per heavy atom. The molecule has 9 heteroatoms. The summed E-state index contributed by atoms with van der Waals surface area (Å²) in [5.74, 6) is -0.163. The number of benzene rings is 1. The van der Waals surface area contributed by atoms with Crippen molar-refractivity contribution in [1.82, 2.24) is 20.2 Å². The van der Waals surface area contributed by atoms with Crippen molar-refractivity contribution in [3.05, 3.63) is 41.1 Å². The smallest absolute Gasteiger partial charge is 0.410 e. The fraction of sp³-hybridized carbons (Fsp3) is 0.421. The van der Waals surface area contributed by atoms with E-state index in [1.165, 1.54) is 0 Å². The first-order chi connectivity index (χ1) is 13.2. The summed E-state index contributed by atoms with van der Waals surface area (Å²) in [6, 6.07) is 5.21. The number of hydrogen-bond donors (Lipinski definition) is 2. The highest BCUT2D eigenvalue weighted by atomic mass is 35.5. The molecule has 0 aliphatic carbocycles. The van der Waals surface area contributed by atoms with E-state index in [0.29, 0.717) is 24.5 Å². The van der Waals surface area contributed by atoms with Crippen LogP contribution in [0.2, 0.25) is 5.28 Å². The normalized spacial score (nSPS) is 14.7. The highest BCUT2D eigenvalue weighted by molar-refractivity contribution is 6.28. The van der Waals surface area contributed by atoms with Crippen molar-refractivity contribution in [2.45, 2.75) is 26.2 Å². The second-order valence-corrected chi connectivity index (χ2v) is 7.86. The first kappa shape index (κ1) is 20.3. The van der Waals surface area contributed by atoms with Crippen LogP contribution >= 0.6 is 11.6 Å². The van der Waals surface area contributed by atoms with Gasteiger partial charge in [-0.15, -0.1) is 0 Å². The van der Waals surface area contributed by atoms with Crippen LogP contribution in [-0.4, -0.2) is 47.1 Å². The van der Waals surface area contributed by atoms with Gasteiger partial charge in [-0.2, -0.15) is 4.98 Å². The lowest BCUT2D eigenvalue weighted by Crippen LogP contribution is -2.47. The third-order valence-corrected chi connectivity index (χ3v) is 4.52. The van der Waals surface area contributed by atoms with E-state index in [0.717, 1.165) is 24.8 Å². The number of piperazine rings is 1. The number of halogens is 2. The average molecular weight is 408 g/mol. The Morgan fingerprint density at radius 1 is 1.32 bits per heavy atom. The van der Waals surface area contributed by atoms with Gasteiger partial charge in [0.2, 0.25) is 5.28 Å². The summed E-state index contributed by atoms with van der Waals surface area (Å²) < 4.78 is 19.6. The van der Waals surface area contributed by atoms with Crippen molar-refractivity contribution in [2.24, 2.45) is 0 Å². The zero-order chi connectivity index (χ0) is 20.3. The van der Waals surface area contributed by atoms with Crippen LogP contribution in [0.5, 0.6) is 5.75 Å². The van der Waals surface area contributed by atoms with Crippen LogP contribution in [0.1, 0.15) is 26.3 Å². The summed E-state index contributed by atoms with van der Waals surface area (Å²) in [4.78, 5) is 21.6. The Balaban J connectivity index is 1.85. The molecule has 0 saturated carbocycles. The molecule has 2 N–H and O–H groups in total. The summed E-state index contributed by atoms with van der Waals surface area (Å²) in [6.45, 7) is 8.74. The summed E-state index contributed by atoms with van der Waals surface area (Å²) >= 11 is 5.75. The third kappa shape index (κ3) is 4.88. The average Bonchev–Trinajstić information content (AvgIpc) is 2.65. The number of carbonyl (C=O) groups excluding carboxylic acids is 1. The van der Waals surface area contributed by atoms with Gasteiger partial charge in [-0.25, -0.2) is 14.2 Å². The fourth-order valence-corrected chi connectivity index (χ4v) is 2.99. The van der Waals surface area contributed by atoms with Crippen molar-refractivity contribution < 1.29 is 13.9 Å². The standard InChI is InChI=1S/C19H23ClFN5O2/c1-19(2,3)13-10-12(24-16-14(21)11-23-17(20)25-16)4-5-15(13)28-18(27)26-8-6-22-7-9-26/h4-5,10-11,22H,6-9H2,1-3H3,(H,23,24,25). The largest absolute Gasteiger partial charge is 0.415 e. The summed E-state index contributed by atoms with van der Waals surface area (Å²) in [6.07, 6.45) is 0.632. The van der Waals surface area contributed by atoms with Crippen LogP contribution in [0.25, 0.3) is 0 Å². The number of nitrogens with zero attached hydrogens (tertiary/aromatic N) is 3. The van der Waals surface area contributed by atoms with E-state index in [4.69, 9.17) is 16.3 Å². The Labute approximate surface area is 168 Å². The summed E-state index contributed by atoms with van der Waals surface area (Å²) in [7, 11) is 0. The lowest BCUT2D eigenvalue weighted by molar-refractivity contribution is 0.145. The van der Waals surface area contributed by atoms with E-state index < -0.39 is 5.82 Å². The Morgan fingerprint density at radius 3 is 2.71 bits per heavy atom. The van der Waals surface area contributed by atoms with Crippen molar-refractivity contribution in [3.63, 3.8) is 0 Å². The molecule has 1 saturated heterocycles. The second-order valence-electron chi connectivity index (χ2n) is 7.53. The van der Waals surface area contributed by atoms with Gasteiger partial charge >= 0.3 is 6.09 Å². The molecule has 2 heterocycles. The third-order valence-electron chi connectivity index (χ3n) is 4.34. The molecule has 3 rings (SSSR count). The summed E-state index contributed by atoms with van der Waals surface area (Å²) in [5, 5.41) is 6.05. The highest BCUT2D eigenvalue weighted by Gasteiger charge is 2.24. The molecule has 1 aromatic carbocycles. The molecule has 1 amide bonds.